The quantitative estimate of drug-likeness (QED) is 0.260. The molecule has 3 rings (SSSR count). The highest BCUT2D eigenvalue weighted by Gasteiger charge is 2.11. The highest BCUT2D eigenvalue weighted by Crippen LogP contribution is 2.29. The van der Waals surface area contributed by atoms with Crippen molar-refractivity contribution in [2.24, 2.45) is 5.10 Å². The van der Waals surface area contributed by atoms with Crippen molar-refractivity contribution in [3.8, 4) is 17.6 Å². The third kappa shape index (κ3) is 7.40. The van der Waals surface area contributed by atoms with Gasteiger partial charge in [-0.05, 0) is 48.9 Å². The Kier molecular flexibility index (Phi) is 8.91. The topological polar surface area (TPSA) is 113 Å². The number of ether oxygens (including phenoxy) is 2. The number of carbonyl (C=O) groups excluding carboxylic acids is 2. The summed E-state index contributed by atoms with van der Waals surface area (Å²) in [5.41, 5.74) is 4.17. The van der Waals surface area contributed by atoms with Crippen molar-refractivity contribution in [2.45, 2.75) is 20.0 Å². The Morgan fingerprint density at radius 2 is 1.80 bits per heavy atom. The molecule has 0 aliphatic carbocycles. The SMILES string of the molecule is CCOc1cc(C=NNC(=O)CC(=O)Nc2ccccc2F)ccc1OCc1ccccc1C#N. The highest BCUT2D eigenvalue weighted by molar-refractivity contribution is 6.03. The molecule has 0 aromatic heterocycles. The number of amides is 2. The van der Waals surface area contributed by atoms with Crippen LogP contribution in [0.2, 0.25) is 0 Å². The van der Waals surface area contributed by atoms with Crippen LogP contribution < -0.4 is 20.2 Å². The molecule has 178 valence electrons. The van der Waals surface area contributed by atoms with Crippen LogP contribution in [0.4, 0.5) is 10.1 Å². The smallest absolute Gasteiger partial charge is 0.249 e. The second kappa shape index (κ2) is 12.5. The van der Waals surface area contributed by atoms with E-state index in [2.05, 4.69) is 21.9 Å². The molecule has 3 aromatic carbocycles. The summed E-state index contributed by atoms with van der Waals surface area (Å²) in [6.45, 7) is 2.43. The Bertz CT molecular complexity index is 1270. The molecule has 9 heteroatoms. The van der Waals surface area contributed by atoms with E-state index in [-0.39, 0.29) is 12.3 Å². The van der Waals surface area contributed by atoms with Gasteiger partial charge in [0, 0.05) is 5.56 Å². The van der Waals surface area contributed by atoms with E-state index in [0.29, 0.717) is 29.2 Å². The van der Waals surface area contributed by atoms with Gasteiger partial charge < -0.3 is 14.8 Å². The Morgan fingerprint density at radius 3 is 2.57 bits per heavy atom. The summed E-state index contributed by atoms with van der Waals surface area (Å²) in [5.74, 6) is -0.949. The number of halogens is 1. The number of hydrogen-bond acceptors (Lipinski definition) is 6. The number of para-hydroxylation sites is 1. The first-order chi connectivity index (χ1) is 17.0. The molecule has 8 nitrogen and oxygen atoms in total. The summed E-state index contributed by atoms with van der Waals surface area (Å²) in [7, 11) is 0. The number of nitrogens with one attached hydrogen (secondary N) is 2. The van der Waals surface area contributed by atoms with Crippen LogP contribution in [0.5, 0.6) is 11.5 Å². The summed E-state index contributed by atoms with van der Waals surface area (Å²) in [4.78, 5) is 23.9. The van der Waals surface area contributed by atoms with Crippen LogP contribution in [0.1, 0.15) is 30.0 Å². The first kappa shape index (κ1) is 24.9. The fraction of sp³-hybridized carbons (Fsp3) is 0.154. The predicted molar refractivity (Wildman–Crippen MR) is 128 cm³/mol. The summed E-state index contributed by atoms with van der Waals surface area (Å²) < 4.78 is 25.1. The molecule has 0 aliphatic heterocycles. The summed E-state index contributed by atoms with van der Waals surface area (Å²) in [6.07, 6.45) is 0.872. The standard InChI is InChI=1S/C26H23FN4O4/c1-2-34-24-13-18(11-12-23(24)35-17-20-8-4-3-7-19(20)15-28)16-29-31-26(33)14-25(32)30-22-10-6-5-9-21(22)27/h3-13,16H,2,14,17H2,1H3,(H,30,32)(H,31,33). The fourth-order valence-corrected chi connectivity index (χ4v) is 3.02. The van der Waals surface area contributed by atoms with Gasteiger partial charge in [-0.15, -0.1) is 0 Å². The van der Waals surface area contributed by atoms with Crippen LogP contribution in [0.15, 0.2) is 71.8 Å². The molecule has 0 bridgehead atoms. The lowest BCUT2D eigenvalue weighted by Gasteiger charge is -2.13. The lowest BCUT2D eigenvalue weighted by molar-refractivity contribution is -0.126. The minimum absolute atomic E-state index is 0.00400. The van der Waals surface area contributed by atoms with Crippen LogP contribution >= 0.6 is 0 Å². The van der Waals surface area contributed by atoms with Crippen LogP contribution in [0, 0.1) is 17.1 Å². The van der Waals surface area contributed by atoms with Gasteiger partial charge in [-0.2, -0.15) is 10.4 Å². The number of benzene rings is 3. The molecule has 0 atom stereocenters. The Morgan fingerprint density at radius 1 is 1.03 bits per heavy atom. The molecule has 0 saturated carbocycles. The highest BCUT2D eigenvalue weighted by atomic mass is 19.1. The van der Waals surface area contributed by atoms with Gasteiger partial charge in [0.25, 0.3) is 0 Å². The maximum absolute atomic E-state index is 13.6. The van der Waals surface area contributed by atoms with Gasteiger partial charge >= 0.3 is 0 Å². The van der Waals surface area contributed by atoms with Crippen molar-refractivity contribution < 1.29 is 23.5 Å². The Hall–Kier alpha value is -4.71. The number of hydrogen-bond donors (Lipinski definition) is 2. The third-order valence-electron chi connectivity index (χ3n) is 4.66. The number of nitriles is 1. The van der Waals surface area contributed by atoms with Crippen molar-refractivity contribution in [3.63, 3.8) is 0 Å². The number of nitrogens with zero attached hydrogens (tertiary/aromatic N) is 2. The third-order valence-corrected chi connectivity index (χ3v) is 4.66. The average molecular weight is 474 g/mol. The van der Waals surface area contributed by atoms with Gasteiger partial charge in [0.1, 0.15) is 18.8 Å². The van der Waals surface area contributed by atoms with Gasteiger partial charge in [0.15, 0.2) is 11.5 Å². The van der Waals surface area contributed by atoms with Crippen molar-refractivity contribution in [1.29, 1.82) is 5.26 Å². The van der Waals surface area contributed by atoms with E-state index in [4.69, 9.17) is 9.47 Å². The molecule has 35 heavy (non-hydrogen) atoms. The zero-order valence-electron chi connectivity index (χ0n) is 19.0. The fourth-order valence-electron chi connectivity index (χ4n) is 3.02. The zero-order valence-corrected chi connectivity index (χ0v) is 19.0. The van der Waals surface area contributed by atoms with Crippen molar-refractivity contribution in [2.75, 3.05) is 11.9 Å². The summed E-state index contributed by atoms with van der Waals surface area (Å²) >= 11 is 0. The summed E-state index contributed by atoms with van der Waals surface area (Å²) in [5, 5.41) is 15.4. The van der Waals surface area contributed by atoms with Crippen molar-refractivity contribution >= 4 is 23.7 Å². The van der Waals surface area contributed by atoms with Crippen molar-refractivity contribution in [3.05, 3.63) is 89.2 Å². The minimum Gasteiger partial charge on any atom is -0.490 e. The van der Waals surface area contributed by atoms with Crippen molar-refractivity contribution in [1.82, 2.24) is 5.43 Å². The Balaban J connectivity index is 1.57. The van der Waals surface area contributed by atoms with E-state index in [1.54, 1.807) is 36.4 Å². The largest absolute Gasteiger partial charge is 0.490 e. The zero-order chi connectivity index (χ0) is 25.0. The normalized spacial score (nSPS) is 10.4. The molecule has 0 spiro atoms. The number of hydrazone groups is 1. The number of rotatable bonds is 10. The molecule has 0 unspecified atom stereocenters. The van der Waals surface area contributed by atoms with E-state index < -0.39 is 24.1 Å². The maximum Gasteiger partial charge on any atom is 0.249 e. The minimum atomic E-state index is -0.666. The predicted octanol–water partition coefficient (Wildman–Crippen LogP) is 4.15. The average Bonchev–Trinajstić information content (AvgIpc) is 2.85. The van der Waals surface area contributed by atoms with E-state index in [1.165, 1.54) is 24.4 Å². The lowest BCUT2D eigenvalue weighted by atomic mass is 10.1. The molecule has 0 heterocycles. The molecule has 0 radical (unpaired) electrons. The molecular weight excluding hydrogens is 451 g/mol. The van der Waals surface area contributed by atoms with Crippen LogP contribution in [-0.4, -0.2) is 24.6 Å². The second-order valence-corrected chi connectivity index (χ2v) is 7.19. The molecule has 0 aliphatic rings. The Labute approximate surface area is 202 Å². The van der Waals surface area contributed by atoms with Gasteiger partial charge in [-0.1, -0.05) is 30.3 Å². The lowest BCUT2D eigenvalue weighted by Crippen LogP contribution is -2.24. The number of carbonyl (C=O) groups is 2. The van der Waals surface area contributed by atoms with Crippen LogP contribution in [0.25, 0.3) is 0 Å². The first-order valence-electron chi connectivity index (χ1n) is 10.7. The first-order valence-corrected chi connectivity index (χ1v) is 10.7. The molecule has 2 amide bonds. The van der Waals surface area contributed by atoms with E-state index in [9.17, 15) is 19.2 Å². The molecule has 0 fully saturated rings. The molecule has 0 saturated heterocycles. The van der Waals surface area contributed by atoms with Gasteiger partial charge in [-0.25, -0.2) is 9.82 Å². The molecule has 3 aromatic rings. The monoisotopic (exact) mass is 474 g/mol. The van der Waals surface area contributed by atoms with Crippen LogP contribution in [0.3, 0.4) is 0 Å². The summed E-state index contributed by atoms with van der Waals surface area (Å²) in [6, 6.07) is 20.1. The van der Waals surface area contributed by atoms with Gasteiger partial charge in [0.2, 0.25) is 11.8 Å². The molecule has 2 N–H and O–H groups in total. The van der Waals surface area contributed by atoms with Crippen LogP contribution in [-0.2, 0) is 16.2 Å². The van der Waals surface area contributed by atoms with E-state index >= 15 is 0 Å². The second-order valence-electron chi connectivity index (χ2n) is 7.19. The van der Waals surface area contributed by atoms with E-state index in [0.717, 1.165) is 5.56 Å². The maximum atomic E-state index is 13.6. The molecular formula is C26H23FN4O4. The van der Waals surface area contributed by atoms with Gasteiger partial charge in [-0.3, -0.25) is 9.59 Å². The van der Waals surface area contributed by atoms with E-state index in [1.807, 2.05) is 19.1 Å². The van der Waals surface area contributed by atoms with Gasteiger partial charge in [0.05, 0.1) is 30.1 Å². The number of anilines is 1.